The molecular formula is C59H34N4O+2. The molecule has 0 fully saturated rings. The number of benzene rings is 8. The van der Waals surface area contributed by atoms with Crippen LogP contribution in [0.1, 0.15) is 11.1 Å². The Hall–Kier alpha value is -8.54. The zero-order valence-corrected chi connectivity index (χ0v) is 34.3. The molecule has 1 unspecified atom stereocenters. The van der Waals surface area contributed by atoms with Crippen molar-refractivity contribution >= 4 is 43.6 Å². The molecule has 0 saturated heterocycles. The third-order valence-electron chi connectivity index (χ3n) is 14.6. The molecule has 64 heavy (non-hydrogen) atoms. The summed E-state index contributed by atoms with van der Waals surface area (Å²) in [6.45, 7) is 0. The van der Waals surface area contributed by atoms with Crippen LogP contribution in [0.2, 0.25) is 0 Å². The van der Waals surface area contributed by atoms with E-state index in [0.29, 0.717) is 0 Å². The molecule has 1 spiro atoms. The van der Waals surface area contributed by atoms with Crippen LogP contribution in [0, 0.1) is 0 Å². The fraction of sp³-hybridized carbons (Fsp3) is 0.0169. The Kier molecular flexibility index (Phi) is 5.94. The molecule has 4 aromatic heterocycles. The Morgan fingerprint density at radius 1 is 0.359 bits per heavy atom. The lowest BCUT2D eigenvalue weighted by atomic mass is 9.81. The van der Waals surface area contributed by atoms with Gasteiger partial charge in [-0.15, -0.1) is 9.13 Å². The maximum atomic E-state index is 7.31. The zero-order valence-electron chi connectivity index (χ0n) is 34.3. The minimum atomic E-state index is -0.780. The highest BCUT2D eigenvalue weighted by atomic mass is 16.5. The van der Waals surface area contributed by atoms with Crippen molar-refractivity contribution in [1.82, 2.24) is 9.13 Å². The largest absolute Gasteiger partial charge is 0.404 e. The molecule has 12 aromatic rings. The molecule has 4 aliphatic heterocycles. The first kappa shape index (κ1) is 33.1. The van der Waals surface area contributed by atoms with E-state index < -0.39 is 5.66 Å². The molecule has 1 atom stereocenters. The van der Waals surface area contributed by atoms with Crippen molar-refractivity contribution in [2.24, 2.45) is 0 Å². The maximum Gasteiger partial charge on any atom is 0.379 e. The van der Waals surface area contributed by atoms with Gasteiger partial charge in [-0.05, 0) is 87.0 Å². The number of nitrogens with zero attached hydrogens (tertiary/aromatic N) is 4. The third-order valence-corrected chi connectivity index (χ3v) is 14.6. The number of para-hydroxylation sites is 2. The van der Waals surface area contributed by atoms with E-state index in [1.165, 1.54) is 88.2 Å². The Balaban J connectivity index is 1.06. The molecule has 5 nitrogen and oxygen atoms in total. The van der Waals surface area contributed by atoms with Gasteiger partial charge in [-0.25, -0.2) is 0 Å². The summed E-state index contributed by atoms with van der Waals surface area (Å²) in [5.41, 5.74) is 19.4. The Bertz CT molecular complexity index is 4070. The fourth-order valence-electron chi connectivity index (χ4n) is 12.1. The molecule has 4 aliphatic rings. The highest BCUT2D eigenvalue weighted by Gasteiger charge is 2.71. The summed E-state index contributed by atoms with van der Waals surface area (Å²) in [6.07, 6.45) is 0. The minimum absolute atomic E-state index is 0.780. The molecule has 0 amide bonds. The summed E-state index contributed by atoms with van der Waals surface area (Å²) < 4.78 is 17.6. The number of aromatic nitrogens is 4. The number of hydrogen-bond donors (Lipinski definition) is 0. The van der Waals surface area contributed by atoms with Gasteiger partial charge < -0.3 is 9.30 Å². The lowest BCUT2D eigenvalue weighted by molar-refractivity contribution is -0.938. The van der Waals surface area contributed by atoms with Crippen molar-refractivity contribution in [3.8, 4) is 79.0 Å². The van der Waals surface area contributed by atoms with Crippen LogP contribution in [0.15, 0.2) is 206 Å². The van der Waals surface area contributed by atoms with Crippen LogP contribution in [0.4, 0.5) is 0 Å². The Labute approximate surface area is 367 Å². The quantitative estimate of drug-likeness (QED) is 0.163. The monoisotopic (exact) mass is 814 g/mol. The number of ether oxygens (including phenoxy) is 1. The maximum absolute atomic E-state index is 7.31. The first-order valence-corrected chi connectivity index (χ1v) is 22.1. The molecule has 0 N–H and O–H groups in total. The molecule has 0 radical (unpaired) electrons. The van der Waals surface area contributed by atoms with E-state index in [1.807, 2.05) is 0 Å². The highest BCUT2D eigenvalue weighted by Crippen LogP contribution is 2.58. The molecule has 294 valence electrons. The van der Waals surface area contributed by atoms with E-state index in [9.17, 15) is 0 Å². The van der Waals surface area contributed by atoms with Gasteiger partial charge >= 0.3 is 11.5 Å². The molecule has 0 saturated carbocycles. The van der Waals surface area contributed by atoms with Crippen molar-refractivity contribution in [2.45, 2.75) is 5.66 Å². The summed E-state index contributed by atoms with van der Waals surface area (Å²) in [6, 6.07) is 76.0. The number of rotatable bonds is 4. The van der Waals surface area contributed by atoms with Gasteiger partial charge in [-0.2, -0.15) is 4.57 Å². The van der Waals surface area contributed by atoms with E-state index >= 15 is 0 Å². The summed E-state index contributed by atoms with van der Waals surface area (Å²) in [7, 11) is 0. The van der Waals surface area contributed by atoms with Crippen LogP contribution in [-0.2, 0) is 5.66 Å². The third kappa shape index (κ3) is 3.85. The van der Waals surface area contributed by atoms with Gasteiger partial charge in [0.1, 0.15) is 16.6 Å². The van der Waals surface area contributed by atoms with Gasteiger partial charge in [0, 0.05) is 39.7 Å². The van der Waals surface area contributed by atoms with E-state index in [2.05, 4.69) is 225 Å². The average Bonchev–Trinajstić information content (AvgIpc) is 3.99. The van der Waals surface area contributed by atoms with Crippen molar-refractivity contribution in [3.63, 3.8) is 0 Å². The fourth-order valence-corrected chi connectivity index (χ4v) is 12.1. The van der Waals surface area contributed by atoms with E-state index in [4.69, 9.17) is 4.74 Å². The summed E-state index contributed by atoms with van der Waals surface area (Å²) >= 11 is 0. The topological polar surface area (TPSA) is 26.8 Å². The standard InChI is InChI=1S/C59H34N4O/c1-3-11-35(12-4-1)37-19-23-39(24-20-37)41-31-50-51-32-42(40-25-21-38(22-26-40)36-13-5-2-6-14-36)34-54-63(51)59-55-49(60-47-17-9-7-15-43(47)46-28-30-52(64-54)56(59)58(46)60)29-27-45-44-16-8-10-18-48(44)61(57(45)55)53(33-41)62(50)59/h1-34H/q+2. The smallest absolute Gasteiger partial charge is 0.379 e. The second-order valence-electron chi connectivity index (χ2n) is 17.7. The molecule has 8 heterocycles. The van der Waals surface area contributed by atoms with Crippen molar-refractivity contribution < 1.29 is 13.9 Å². The number of pyridine rings is 2. The second-order valence-corrected chi connectivity index (χ2v) is 17.7. The predicted octanol–water partition coefficient (Wildman–Crippen LogP) is 13.1. The van der Waals surface area contributed by atoms with E-state index in [-0.39, 0.29) is 0 Å². The van der Waals surface area contributed by atoms with Crippen molar-refractivity contribution in [1.29, 1.82) is 0 Å². The first-order valence-electron chi connectivity index (χ1n) is 22.1. The molecule has 16 rings (SSSR count). The van der Waals surface area contributed by atoms with E-state index in [1.54, 1.807) is 0 Å². The molecule has 5 heteroatoms. The van der Waals surface area contributed by atoms with Gasteiger partial charge in [-0.3, -0.25) is 0 Å². The van der Waals surface area contributed by atoms with Gasteiger partial charge in [0.2, 0.25) is 5.69 Å². The highest BCUT2D eigenvalue weighted by molar-refractivity contribution is 6.16. The van der Waals surface area contributed by atoms with Crippen LogP contribution >= 0.6 is 0 Å². The SMILES string of the molecule is c1ccc(-c2ccc(-c3cc4[n+]5c(c3)-c3cc(-c6ccc(-c7ccccc7)cc6)cc6[n+]3C53c5c(ccc7c8ccccc8n(c57)-c5ccc7c8ccccc8n-6c7c53)O4)cc2)cc1. The first-order chi connectivity index (χ1) is 31.7. The minimum Gasteiger partial charge on any atom is -0.404 e. The Morgan fingerprint density at radius 3 is 1.47 bits per heavy atom. The van der Waals surface area contributed by atoms with Crippen LogP contribution in [-0.4, -0.2) is 9.13 Å². The second kappa shape index (κ2) is 11.5. The van der Waals surface area contributed by atoms with E-state index in [0.717, 1.165) is 45.5 Å². The lowest BCUT2D eigenvalue weighted by Gasteiger charge is -2.37. The Morgan fingerprint density at radius 2 is 0.844 bits per heavy atom. The summed E-state index contributed by atoms with van der Waals surface area (Å²) in [4.78, 5) is 0. The van der Waals surface area contributed by atoms with Gasteiger partial charge in [0.15, 0.2) is 11.3 Å². The van der Waals surface area contributed by atoms with Crippen LogP contribution in [0.25, 0.3) is 111 Å². The normalized spacial score (nSPS) is 15.4. The van der Waals surface area contributed by atoms with Gasteiger partial charge in [0.25, 0.3) is 11.5 Å². The van der Waals surface area contributed by atoms with Gasteiger partial charge in [0.05, 0.1) is 22.8 Å². The average molecular weight is 815 g/mol. The number of hydrogen-bond acceptors (Lipinski definition) is 1. The molecule has 0 aliphatic carbocycles. The van der Waals surface area contributed by atoms with Crippen LogP contribution in [0.5, 0.6) is 11.6 Å². The number of fused-ring (bicyclic) bond motifs is 9. The summed E-state index contributed by atoms with van der Waals surface area (Å²) in [5, 5.41) is 4.97. The molecule has 0 bridgehead atoms. The van der Waals surface area contributed by atoms with Crippen molar-refractivity contribution in [3.05, 3.63) is 217 Å². The lowest BCUT2D eigenvalue weighted by Crippen LogP contribution is -2.75. The molecular weight excluding hydrogens is 781 g/mol. The molecule has 8 aromatic carbocycles. The van der Waals surface area contributed by atoms with Crippen LogP contribution in [0.3, 0.4) is 0 Å². The van der Waals surface area contributed by atoms with Crippen LogP contribution < -0.4 is 13.9 Å². The zero-order chi connectivity index (χ0) is 41.4. The summed E-state index contributed by atoms with van der Waals surface area (Å²) in [5.74, 6) is 2.85. The predicted molar refractivity (Wildman–Crippen MR) is 254 cm³/mol. The van der Waals surface area contributed by atoms with Gasteiger partial charge in [-0.1, -0.05) is 140 Å². The van der Waals surface area contributed by atoms with Crippen molar-refractivity contribution in [2.75, 3.05) is 0 Å².